The van der Waals surface area contributed by atoms with Gasteiger partial charge in [-0.3, -0.25) is 14.5 Å². The van der Waals surface area contributed by atoms with Crippen molar-refractivity contribution < 1.29 is 23.9 Å². The van der Waals surface area contributed by atoms with Crippen LogP contribution < -0.4 is 10.6 Å². The fourth-order valence-corrected chi connectivity index (χ4v) is 11.2. The predicted octanol–water partition coefficient (Wildman–Crippen LogP) is 9.50. The molecule has 64 heavy (non-hydrogen) atoms. The summed E-state index contributed by atoms with van der Waals surface area (Å²) in [5.41, 5.74) is 6.03. The van der Waals surface area contributed by atoms with E-state index in [1.807, 2.05) is 115 Å². The molecular weight excluding hydrogens is 859 g/mol. The Hall–Kier alpha value is -6.12. The van der Waals surface area contributed by atoms with Gasteiger partial charge in [-0.15, -0.1) is 23.1 Å². The molecule has 9 rings (SSSR count). The van der Waals surface area contributed by atoms with Crippen LogP contribution in [0, 0.1) is 5.92 Å². The van der Waals surface area contributed by atoms with E-state index >= 15 is 0 Å². The van der Waals surface area contributed by atoms with Gasteiger partial charge in [0, 0.05) is 24.3 Å². The number of ether oxygens (including phenoxy) is 2. The first-order valence-electron chi connectivity index (χ1n) is 21.3. The highest BCUT2D eigenvalue weighted by Crippen LogP contribution is 2.45. The Balaban J connectivity index is 0.979. The van der Waals surface area contributed by atoms with Gasteiger partial charge in [-0.2, -0.15) is 0 Å². The molecule has 2 atom stereocenters. The number of fused-ring (bicyclic) bond motifs is 1. The van der Waals surface area contributed by atoms with Gasteiger partial charge in [-0.1, -0.05) is 157 Å². The van der Waals surface area contributed by atoms with Crippen LogP contribution in [-0.4, -0.2) is 70.0 Å². The van der Waals surface area contributed by atoms with Gasteiger partial charge in [-0.25, -0.2) is 4.98 Å². The van der Waals surface area contributed by atoms with Crippen LogP contribution in [-0.2, 0) is 29.4 Å². The quantitative estimate of drug-likeness (QED) is 0.0342. The number of thiazole rings is 1. The number of hydrogen-bond donors (Lipinski definition) is 2. The largest absolute Gasteiger partial charge is 0.469 e. The number of aromatic nitrogens is 1. The zero-order valence-electron chi connectivity index (χ0n) is 35.2. The normalized spacial score (nSPS) is 17.9. The Morgan fingerprint density at radius 3 is 1.91 bits per heavy atom. The third-order valence-electron chi connectivity index (χ3n) is 11.9. The van der Waals surface area contributed by atoms with Crippen LogP contribution in [0.15, 0.2) is 173 Å². The molecule has 0 saturated carbocycles. The van der Waals surface area contributed by atoms with E-state index in [0.29, 0.717) is 41.4 Å². The Morgan fingerprint density at radius 2 is 1.38 bits per heavy atom. The molecule has 324 valence electrons. The van der Waals surface area contributed by atoms with E-state index in [1.54, 1.807) is 22.0 Å². The number of anilines is 1. The second kappa shape index (κ2) is 19.7. The first kappa shape index (κ1) is 43.1. The van der Waals surface area contributed by atoms with Gasteiger partial charge < -0.3 is 24.9 Å². The van der Waals surface area contributed by atoms with Crippen LogP contribution in [0.2, 0.25) is 0 Å². The maximum Gasteiger partial charge on any atom is 0.276 e. The molecule has 1 aromatic heterocycles. The summed E-state index contributed by atoms with van der Waals surface area (Å²) >= 11 is 9.13. The van der Waals surface area contributed by atoms with Gasteiger partial charge in [-0.05, 0) is 70.8 Å². The van der Waals surface area contributed by atoms with Crippen molar-refractivity contribution in [1.82, 2.24) is 15.2 Å². The van der Waals surface area contributed by atoms with Gasteiger partial charge in [0.2, 0.25) is 5.05 Å². The van der Waals surface area contributed by atoms with Crippen LogP contribution in [0.1, 0.15) is 58.9 Å². The van der Waals surface area contributed by atoms with Crippen LogP contribution in [0.25, 0.3) is 0 Å². The minimum absolute atomic E-state index is 0.0491. The van der Waals surface area contributed by atoms with Crippen LogP contribution >= 0.6 is 35.3 Å². The minimum atomic E-state index is -0.848. The summed E-state index contributed by atoms with van der Waals surface area (Å²) in [4.78, 5) is 40.6. The monoisotopic (exact) mass is 905 g/mol. The number of rotatable bonds is 15. The fourth-order valence-electron chi connectivity index (χ4n) is 8.76. The topological polar surface area (TPSA) is 114 Å². The second-order valence-corrected chi connectivity index (χ2v) is 18.1. The molecule has 1 unspecified atom stereocenters. The van der Waals surface area contributed by atoms with Crippen molar-refractivity contribution in [3.8, 4) is 0 Å². The Labute approximate surface area is 386 Å². The zero-order chi connectivity index (χ0) is 43.9. The molecule has 6 aromatic rings. The number of carbonyl (C=O) groups excluding carboxylic acids is 2. The van der Waals surface area contributed by atoms with E-state index in [4.69, 9.17) is 31.5 Å². The highest BCUT2D eigenvalue weighted by Gasteiger charge is 2.54. The van der Waals surface area contributed by atoms with E-state index in [0.717, 1.165) is 52.7 Å². The summed E-state index contributed by atoms with van der Waals surface area (Å²) in [6.45, 7) is 1.42. The third kappa shape index (κ3) is 8.85. The van der Waals surface area contributed by atoms with Gasteiger partial charge in [0.1, 0.15) is 35.9 Å². The average molecular weight is 906 g/mol. The molecule has 10 nitrogen and oxygen atoms in total. The third-order valence-corrected chi connectivity index (χ3v) is 14.3. The molecule has 0 radical (unpaired) electrons. The van der Waals surface area contributed by atoms with Gasteiger partial charge in [0.25, 0.3) is 11.8 Å². The SMILES string of the molecule is CO/N=C(\C(=O)NC1C(=O)N2C(C(=S)OC(c3ccccc3)c3ccccc3)=C(CC3CCOCC3)CS[C@H]12)c1csc(NC(c2ccccc2)(c2ccccc2)c2ccccc2)n1. The smallest absolute Gasteiger partial charge is 0.276 e. The number of thiocarbonyl (C=S) groups is 1. The molecule has 2 fully saturated rings. The first-order chi connectivity index (χ1) is 31.4. The van der Waals surface area contributed by atoms with E-state index in [9.17, 15) is 9.59 Å². The van der Waals surface area contributed by atoms with Crippen molar-refractivity contribution >= 4 is 63.0 Å². The predicted molar refractivity (Wildman–Crippen MR) is 257 cm³/mol. The molecular formula is C51H47N5O5S3. The van der Waals surface area contributed by atoms with Crippen molar-refractivity contribution in [1.29, 1.82) is 0 Å². The Morgan fingerprint density at radius 1 is 0.844 bits per heavy atom. The summed E-state index contributed by atoms with van der Waals surface area (Å²) in [5, 5.41) is 13.1. The molecule has 0 aliphatic carbocycles. The lowest BCUT2D eigenvalue weighted by molar-refractivity contribution is -0.144. The zero-order valence-corrected chi connectivity index (χ0v) is 37.6. The average Bonchev–Trinajstić information content (AvgIpc) is 3.82. The summed E-state index contributed by atoms with van der Waals surface area (Å²) in [6, 6.07) is 49.7. The number of nitrogens with one attached hydrogen (secondary N) is 2. The molecule has 3 aliphatic heterocycles. The summed E-state index contributed by atoms with van der Waals surface area (Å²) in [7, 11) is 1.38. The van der Waals surface area contributed by atoms with Gasteiger partial charge >= 0.3 is 0 Å². The van der Waals surface area contributed by atoms with E-state index < -0.39 is 29.0 Å². The number of oxime groups is 1. The Kier molecular flexibility index (Phi) is 13.3. The standard InChI is InChI=1S/C51H47N5O5S3/c1-59-55-42(41-33-64-50(52-41)54-51(38-21-11-4-12-22-38,39-23-13-5-14-24-39)40-25-15-6-16-26-40)46(57)53-43-47(58)56-44(37(32-63-48(43)56)31-34-27-29-60-30-28-34)49(62)61-45(35-17-7-2-8-18-35)36-19-9-3-10-20-36/h2-26,33-34,43,45,48H,27-32H2,1H3,(H,52,54)(H,53,57)/b55-42-/t43?,48-/m1/s1. The summed E-state index contributed by atoms with van der Waals surface area (Å²) < 4.78 is 12.4. The van der Waals surface area contributed by atoms with E-state index in [-0.39, 0.29) is 16.7 Å². The van der Waals surface area contributed by atoms with Crippen LogP contribution in [0.4, 0.5) is 5.13 Å². The van der Waals surface area contributed by atoms with Crippen molar-refractivity contribution in [2.75, 3.05) is 31.4 Å². The maximum atomic E-state index is 14.4. The lowest BCUT2D eigenvalue weighted by atomic mass is 9.77. The highest BCUT2D eigenvalue weighted by atomic mass is 32.2. The molecule has 0 bridgehead atoms. The van der Waals surface area contributed by atoms with Crippen molar-refractivity contribution in [2.24, 2.45) is 11.1 Å². The second-order valence-electron chi connectivity index (χ2n) is 15.8. The number of amides is 2. The lowest BCUT2D eigenvalue weighted by Gasteiger charge is -2.50. The van der Waals surface area contributed by atoms with E-state index in [2.05, 4.69) is 52.2 Å². The maximum absolute atomic E-state index is 14.4. The number of thioether (sulfide) groups is 1. The molecule has 0 spiro atoms. The number of β-lactam (4-membered cyclic amide) rings is 1. The van der Waals surface area contributed by atoms with E-state index in [1.165, 1.54) is 18.4 Å². The molecule has 13 heteroatoms. The molecule has 2 amide bonds. The molecule has 2 N–H and O–H groups in total. The van der Waals surface area contributed by atoms with Gasteiger partial charge in [0.15, 0.2) is 10.8 Å². The fraction of sp³-hybridized carbons (Fsp3) is 0.235. The number of hydrogen-bond acceptors (Lipinski definition) is 11. The molecule has 3 aliphatic rings. The minimum Gasteiger partial charge on any atom is -0.469 e. The van der Waals surface area contributed by atoms with Crippen molar-refractivity contribution in [2.45, 2.75) is 42.3 Å². The number of nitrogens with zero attached hydrogens (tertiary/aromatic N) is 3. The number of carbonyl (C=O) groups is 2. The highest BCUT2D eigenvalue weighted by molar-refractivity contribution is 8.00. The first-order valence-corrected chi connectivity index (χ1v) is 23.7. The summed E-state index contributed by atoms with van der Waals surface area (Å²) in [5.74, 6) is 0.170. The van der Waals surface area contributed by atoms with Crippen LogP contribution in [0.5, 0.6) is 0 Å². The molecule has 2 saturated heterocycles. The van der Waals surface area contributed by atoms with Crippen molar-refractivity contribution in [3.05, 3.63) is 202 Å². The van der Waals surface area contributed by atoms with Crippen LogP contribution in [0.3, 0.4) is 0 Å². The molecule has 5 aromatic carbocycles. The Bertz CT molecular complexity index is 2490. The van der Waals surface area contributed by atoms with Crippen molar-refractivity contribution in [3.63, 3.8) is 0 Å². The number of benzene rings is 5. The lowest BCUT2D eigenvalue weighted by Crippen LogP contribution is -2.71. The summed E-state index contributed by atoms with van der Waals surface area (Å²) in [6.07, 6.45) is 2.15. The van der Waals surface area contributed by atoms with Gasteiger partial charge in [0.05, 0.1) is 5.70 Å². The molecule has 4 heterocycles.